The van der Waals surface area contributed by atoms with E-state index in [4.69, 9.17) is 16.3 Å². The normalized spacial score (nSPS) is 13.2. The van der Waals surface area contributed by atoms with Crippen LogP contribution >= 0.6 is 11.6 Å². The van der Waals surface area contributed by atoms with E-state index in [1.54, 1.807) is 29.2 Å². The molecule has 0 spiro atoms. The Kier molecular flexibility index (Phi) is 5.24. The minimum Gasteiger partial charge on any atom is -0.482 e. The van der Waals surface area contributed by atoms with Crippen LogP contribution in [0.4, 0.5) is 11.4 Å². The van der Waals surface area contributed by atoms with E-state index < -0.39 is 0 Å². The molecule has 1 aliphatic heterocycles. The lowest BCUT2D eigenvalue weighted by atomic mass is 10.1. The van der Waals surface area contributed by atoms with Crippen molar-refractivity contribution in [1.82, 2.24) is 0 Å². The summed E-state index contributed by atoms with van der Waals surface area (Å²) in [6, 6.07) is 12.7. The monoisotopic (exact) mass is 358 g/mol. The molecule has 3 rings (SSSR count). The van der Waals surface area contributed by atoms with Crippen molar-refractivity contribution in [2.75, 3.05) is 16.8 Å². The van der Waals surface area contributed by atoms with Crippen LogP contribution in [-0.2, 0) is 16.1 Å². The maximum atomic E-state index is 12.4. The zero-order valence-corrected chi connectivity index (χ0v) is 14.7. The number of carbonyl (C=O) groups is 2. The van der Waals surface area contributed by atoms with Gasteiger partial charge < -0.3 is 15.0 Å². The minimum absolute atomic E-state index is 0.00485. The molecule has 0 saturated heterocycles. The molecule has 0 fully saturated rings. The zero-order chi connectivity index (χ0) is 17.8. The first kappa shape index (κ1) is 17.3. The Balaban J connectivity index is 1.88. The summed E-state index contributed by atoms with van der Waals surface area (Å²) in [5.41, 5.74) is 2.21. The highest BCUT2D eigenvalue weighted by Crippen LogP contribution is 2.35. The summed E-state index contributed by atoms with van der Waals surface area (Å²) >= 11 is 6.04. The fourth-order valence-corrected chi connectivity index (χ4v) is 2.93. The van der Waals surface area contributed by atoms with E-state index in [1.165, 1.54) is 0 Å². The number of benzene rings is 2. The van der Waals surface area contributed by atoms with Gasteiger partial charge in [-0.15, -0.1) is 0 Å². The van der Waals surface area contributed by atoms with Crippen molar-refractivity contribution in [3.8, 4) is 5.75 Å². The van der Waals surface area contributed by atoms with Crippen molar-refractivity contribution in [3.05, 3.63) is 53.1 Å². The third kappa shape index (κ3) is 4.12. The average Bonchev–Trinajstić information content (AvgIpc) is 2.58. The molecule has 1 heterocycles. The Bertz CT molecular complexity index is 807. The van der Waals surface area contributed by atoms with Crippen molar-refractivity contribution in [3.63, 3.8) is 0 Å². The second-order valence-corrected chi connectivity index (χ2v) is 6.32. The van der Waals surface area contributed by atoms with Gasteiger partial charge in [0.05, 0.1) is 12.2 Å². The number of amides is 2. The van der Waals surface area contributed by atoms with Gasteiger partial charge in [0.1, 0.15) is 5.75 Å². The molecule has 1 aliphatic rings. The molecule has 0 unspecified atom stereocenters. The zero-order valence-electron chi connectivity index (χ0n) is 13.9. The molecule has 0 atom stereocenters. The number of hydrogen-bond donors (Lipinski definition) is 1. The lowest BCUT2D eigenvalue weighted by Crippen LogP contribution is -2.38. The van der Waals surface area contributed by atoms with Gasteiger partial charge in [0, 0.05) is 17.1 Å². The Morgan fingerprint density at radius 1 is 1.28 bits per heavy atom. The Labute approximate surface area is 151 Å². The lowest BCUT2D eigenvalue weighted by molar-refractivity contribution is -0.121. The smallest absolute Gasteiger partial charge is 0.265 e. The van der Waals surface area contributed by atoms with E-state index in [1.807, 2.05) is 25.1 Å². The number of nitrogens with one attached hydrogen (secondary N) is 1. The fraction of sp³-hybridized carbons (Fsp3) is 0.263. The molecule has 5 nitrogen and oxygen atoms in total. The molecule has 25 heavy (non-hydrogen) atoms. The van der Waals surface area contributed by atoms with E-state index >= 15 is 0 Å². The molecule has 0 radical (unpaired) electrons. The van der Waals surface area contributed by atoms with E-state index in [0.717, 1.165) is 12.0 Å². The van der Waals surface area contributed by atoms with Crippen LogP contribution < -0.4 is 15.0 Å². The van der Waals surface area contributed by atoms with Gasteiger partial charge in [-0.05, 0) is 42.3 Å². The lowest BCUT2D eigenvalue weighted by Gasteiger charge is -2.30. The summed E-state index contributed by atoms with van der Waals surface area (Å²) < 4.78 is 5.50. The predicted molar refractivity (Wildman–Crippen MR) is 98.1 cm³/mol. The van der Waals surface area contributed by atoms with Crippen molar-refractivity contribution < 1.29 is 14.3 Å². The first-order valence-electron chi connectivity index (χ1n) is 8.18. The Morgan fingerprint density at radius 2 is 2.12 bits per heavy atom. The van der Waals surface area contributed by atoms with Crippen LogP contribution in [0.1, 0.15) is 25.3 Å². The Morgan fingerprint density at radius 3 is 2.88 bits per heavy atom. The van der Waals surface area contributed by atoms with Crippen molar-refractivity contribution in [2.24, 2.45) is 0 Å². The molecule has 0 saturated carbocycles. The third-order valence-corrected chi connectivity index (χ3v) is 4.13. The summed E-state index contributed by atoms with van der Waals surface area (Å²) in [6.45, 7) is 2.34. The number of anilines is 2. The summed E-state index contributed by atoms with van der Waals surface area (Å²) in [4.78, 5) is 25.8. The highest BCUT2D eigenvalue weighted by molar-refractivity contribution is 6.30. The SMILES string of the molecule is CCCC(=O)Nc1ccc2c(c1)N(Cc1cccc(Cl)c1)C(=O)CO2. The number of nitrogens with zero attached hydrogens (tertiary/aromatic N) is 1. The van der Waals surface area contributed by atoms with Crippen LogP contribution in [0.3, 0.4) is 0 Å². The molecule has 2 amide bonds. The number of fused-ring (bicyclic) bond motifs is 1. The van der Waals surface area contributed by atoms with Crippen molar-refractivity contribution >= 4 is 34.8 Å². The van der Waals surface area contributed by atoms with Crippen LogP contribution in [0.2, 0.25) is 5.02 Å². The van der Waals surface area contributed by atoms with Gasteiger partial charge in [-0.2, -0.15) is 0 Å². The van der Waals surface area contributed by atoms with Crippen molar-refractivity contribution in [2.45, 2.75) is 26.3 Å². The number of hydrogen-bond acceptors (Lipinski definition) is 3. The maximum Gasteiger partial charge on any atom is 0.265 e. The molecule has 130 valence electrons. The molecular formula is C19H19ClN2O3. The van der Waals surface area contributed by atoms with Gasteiger partial charge >= 0.3 is 0 Å². The number of rotatable bonds is 5. The first-order valence-corrected chi connectivity index (χ1v) is 8.56. The van der Waals surface area contributed by atoms with Crippen LogP contribution in [0.5, 0.6) is 5.75 Å². The molecule has 0 bridgehead atoms. The van der Waals surface area contributed by atoms with E-state index in [0.29, 0.717) is 35.1 Å². The van der Waals surface area contributed by atoms with Gasteiger partial charge in [0.2, 0.25) is 5.91 Å². The van der Waals surface area contributed by atoms with Crippen molar-refractivity contribution in [1.29, 1.82) is 0 Å². The quantitative estimate of drug-likeness (QED) is 0.878. The summed E-state index contributed by atoms with van der Waals surface area (Å²) in [7, 11) is 0. The van der Waals surface area contributed by atoms with Gasteiger partial charge in [-0.25, -0.2) is 0 Å². The predicted octanol–water partition coefficient (Wildman–Crippen LogP) is 4.00. The molecule has 0 aliphatic carbocycles. The maximum absolute atomic E-state index is 12.4. The largest absolute Gasteiger partial charge is 0.482 e. The molecule has 2 aromatic rings. The second-order valence-electron chi connectivity index (χ2n) is 5.88. The second kappa shape index (κ2) is 7.57. The number of carbonyl (C=O) groups excluding carboxylic acids is 2. The molecule has 6 heteroatoms. The minimum atomic E-state index is -0.135. The van der Waals surface area contributed by atoms with E-state index in [-0.39, 0.29) is 18.4 Å². The van der Waals surface area contributed by atoms with Crippen LogP contribution in [0.25, 0.3) is 0 Å². The van der Waals surface area contributed by atoms with E-state index in [9.17, 15) is 9.59 Å². The average molecular weight is 359 g/mol. The Hall–Kier alpha value is -2.53. The van der Waals surface area contributed by atoms with Gasteiger partial charge in [0.15, 0.2) is 6.61 Å². The third-order valence-electron chi connectivity index (χ3n) is 3.89. The summed E-state index contributed by atoms with van der Waals surface area (Å²) in [6.07, 6.45) is 1.23. The summed E-state index contributed by atoms with van der Waals surface area (Å²) in [5.74, 6) is 0.437. The highest BCUT2D eigenvalue weighted by atomic mass is 35.5. The fourth-order valence-electron chi connectivity index (χ4n) is 2.72. The van der Waals surface area contributed by atoms with Gasteiger partial charge in [-0.3, -0.25) is 9.59 Å². The topological polar surface area (TPSA) is 58.6 Å². The molecular weight excluding hydrogens is 340 g/mol. The number of halogens is 1. The standard InChI is InChI=1S/C19H19ClN2O3/c1-2-4-18(23)21-15-7-8-17-16(10-15)22(19(24)12-25-17)11-13-5-3-6-14(20)9-13/h3,5-10H,2,4,11-12H2,1H3,(H,21,23). The van der Waals surface area contributed by atoms with Crippen LogP contribution in [0.15, 0.2) is 42.5 Å². The number of ether oxygens (including phenoxy) is 1. The molecule has 1 N–H and O–H groups in total. The van der Waals surface area contributed by atoms with Gasteiger partial charge in [0.25, 0.3) is 5.91 Å². The summed E-state index contributed by atoms with van der Waals surface area (Å²) in [5, 5.41) is 3.47. The highest BCUT2D eigenvalue weighted by Gasteiger charge is 2.26. The van der Waals surface area contributed by atoms with E-state index in [2.05, 4.69) is 5.32 Å². The van der Waals surface area contributed by atoms with Crippen LogP contribution in [-0.4, -0.2) is 18.4 Å². The van der Waals surface area contributed by atoms with Crippen LogP contribution in [0, 0.1) is 0 Å². The molecule has 0 aromatic heterocycles. The first-order chi connectivity index (χ1) is 12.1. The van der Waals surface area contributed by atoms with Gasteiger partial charge in [-0.1, -0.05) is 30.7 Å². The molecule has 2 aromatic carbocycles.